The predicted molar refractivity (Wildman–Crippen MR) is 144 cm³/mol. The average Bonchev–Trinajstić information content (AvgIpc) is 3.68. The fourth-order valence-electron chi connectivity index (χ4n) is 4.93. The van der Waals surface area contributed by atoms with Gasteiger partial charge < -0.3 is 24.1 Å². The number of benzene rings is 1. The molecule has 0 unspecified atom stereocenters. The van der Waals surface area contributed by atoms with Gasteiger partial charge in [-0.2, -0.15) is 13.2 Å². The summed E-state index contributed by atoms with van der Waals surface area (Å²) in [6.45, 7) is 2.82. The van der Waals surface area contributed by atoms with Crippen LogP contribution in [0, 0.1) is 0 Å². The lowest BCUT2D eigenvalue weighted by Gasteiger charge is -2.40. The zero-order valence-electron chi connectivity index (χ0n) is 21.8. The van der Waals surface area contributed by atoms with Gasteiger partial charge in [0.1, 0.15) is 22.8 Å². The smallest absolute Gasteiger partial charge is 0.443 e. The Balaban J connectivity index is 1.26. The number of aromatic amines is 1. The lowest BCUT2D eigenvalue weighted by molar-refractivity contribution is -0.137. The third-order valence-electron chi connectivity index (χ3n) is 6.89. The SMILES string of the molecule is COC(=O)c1ccc2nc(-c3nc(C(F)(F)F)sc3N3CCN(C(=O)Cn4cnc5cccnc54)[C@H](C)C3)[nH]c2c1. The molecule has 1 aliphatic heterocycles. The Morgan fingerprint density at radius 2 is 1.98 bits per heavy atom. The highest BCUT2D eigenvalue weighted by atomic mass is 32.1. The molecule has 212 valence electrons. The van der Waals surface area contributed by atoms with Crippen LogP contribution in [0.1, 0.15) is 22.3 Å². The van der Waals surface area contributed by atoms with Gasteiger partial charge in [-0.15, -0.1) is 0 Å². The number of aromatic nitrogens is 6. The normalized spacial score (nSPS) is 16.1. The van der Waals surface area contributed by atoms with E-state index in [1.807, 2.05) is 13.0 Å². The average molecular weight is 585 g/mol. The molecule has 0 radical (unpaired) electrons. The molecule has 0 spiro atoms. The van der Waals surface area contributed by atoms with Crippen LogP contribution in [-0.4, -0.2) is 79.0 Å². The summed E-state index contributed by atoms with van der Waals surface area (Å²) in [6.07, 6.45) is -1.44. The summed E-state index contributed by atoms with van der Waals surface area (Å²) < 4.78 is 47.7. The van der Waals surface area contributed by atoms with E-state index in [2.05, 4.69) is 24.9 Å². The van der Waals surface area contributed by atoms with Crippen molar-refractivity contribution in [1.29, 1.82) is 0 Å². The van der Waals surface area contributed by atoms with Gasteiger partial charge in [0, 0.05) is 31.9 Å². The van der Waals surface area contributed by atoms with Gasteiger partial charge in [-0.3, -0.25) is 4.79 Å². The summed E-state index contributed by atoms with van der Waals surface area (Å²) in [4.78, 5) is 48.6. The van der Waals surface area contributed by atoms with E-state index in [0.29, 0.717) is 58.2 Å². The van der Waals surface area contributed by atoms with Crippen molar-refractivity contribution >= 4 is 50.4 Å². The third-order valence-corrected chi connectivity index (χ3v) is 8.06. The van der Waals surface area contributed by atoms with Crippen molar-refractivity contribution in [1.82, 2.24) is 34.4 Å². The minimum absolute atomic E-state index is 0.0500. The van der Waals surface area contributed by atoms with E-state index in [1.54, 1.807) is 39.0 Å². The Labute approximate surface area is 234 Å². The number of ether oxygens (including phenoxy) is 1. The van der Waals surface area contributed by atoms with Crippen LogP contribution in [0.4, 0.5) is 18.2 Å². The van der Waals surface area contributed by atoms with E-state index in [9.17, 15) is 22.8 Å². The number of alkyl halides is 3. The number of thiazole rings is 1. The number of imidazole rings is 2. The van der Waals surface area contributed by atoms with Crippen LogP contribution in [0.2, 0.25) is 0 Å². The number of carbonyl (C=O) groups excluding carboxylic acids is 2. The lowest BCUT2D eigenvalue weighted by atomic mass is 10.2. The zero-order valence-corrected chi connectivity index (χ0v) is 22.7. The molecule has 0 aliphatic carbocycles. The molecular formula is C26H23F3N8O3S. The van der Waals surface area contributed by atoms with Crippen LogP contribution in [-0.2, 0) is 22.3 Å². The van der Waals surface area contributed by atoms with Gasteiger partial charge in [-0.05, 0) is 37.3 Å². The number of methoxy groups -OCH3 is 1. The van der Waals surface area contributed by atoms with Crippen LogP contribution in [0.3, 0.4) is 0 Å². The molecule has 6 rings (SSSR count). The number of piperazine rings is 1. The van der Waals surface area contributed by atoms with Gasteiger partial charge in [0.05, 0.1) is 30.0 Å². The Morgan fingerprint density at radius 3 is 2.73 bits per heavy atom. The molecule has 0 saturated carbocycles. The first-order valence-corrected chi connectivity index (χ1v) is 13.4. The summed E-state index contributed by atoms with van der Waals surface area (Å²) in [5, 5.41) is -0.697. The second-order valence-corrected chi connectivity index (χ2v) is 10.6. The van der Waals surface area contributed by atoms with Crippen LogP contribution >= 0.6 is 11.3 Å². The summed E-state index contributed by atoms with van der Waals surface area (Å²) in [5.74, 6) is -0.536. The largest absolute Gasteiger partial charge is 0.465 e. The molecule has 1 atom stereocenters. The first-order valence-electron chi connectivity index (χ1n) is 12.6. The number of nitrogens with one attached hydrogen (secondary N) is 1. The van der Waals surface area contributed by atoms with E-state index >= 15 is 0 Å². The maximum absolute atomic E-state index is 13.8. The molecule has 0 bridgehead atoms. The standard InChI is InChI=1S/C26H23F3N8O3S/c1-14-11-35(8-9-37(14)19(38)12-36-13-31-17-4-3-7-30-22(17)36)23-20(34-25(41-23)26(27,28)29)21-32-16-6-5-15(24(39)40-2)10-18(16)33-21/h3-7,10,13-14H,8-9,11-12H2,1-2H3,(H,32,33)/t14-/m1/s1. The number of fused-ring (bicyclic) bond motifs is 2. The van der Waals surface area contributed by atoms with E-state index < -0.39 is 17.2 Å². The molecule has 5 aromatic rings. The number of rotatable bonds is 5. The van der Waals surface area contributed by atoms with Crippen molar-refractivity contribution in [3.63, 3.8) is 0 Å². The Bertz CT molecular complexity index is 1780. The quantitative estimate of drug-likeness (QED) is 0.308. The zero-order chi connectivity index (χ0) is 28.9. The maximum atomic E-state index is 13.8. The van der Waals surface area contributed by atoms with Gasteiger partial charge in [0.25, 0.3) is 0 Å². The highest BCUT2D eigenvalue weighted by Gasteiger charge is 2.39. The molecule has 1 amide bonds. The Kier molecular flexibility index (Phi) is 6.60. The highest BCUT2D eigenvalue weighted by molar-refractivity contribution is 7.16. The van der Waals surface area contributed by atoms with Crippen LogP contribution in [0.5, 0.6) is 0 Å². The predicted octanol–water partition coefficient (Wildman–Crippen LogP) is 3.97. The second-order valence-electron chi connectivity index (χ2n) is 9.58. The molecule has 5 heterocycles. The molecule has 1 aliphatic rings. The number of hydrogen-bond acceptors (Lipinski definition) is 9. The Morgan fingerprint density at radius 1 is 1.15 bits per heavy atom. The molecule has 1 saturated heterocycles. The van der Waals surface area contributed by atoms with Crippen molar-refractivity contribution in [2.45, 2.75) is 25.7 Å². The van der Waals surface area contributed by atoms with Crippen LogP contribution < -0.4 is 4.90 Å². The monoisotopic (exact) mass is 584 g/mol. The van der Waals surface area contributed by atoms with Crippen molar-refractivity contribution in [2.24, 2.45) is 0 Å². The summed E-state index contributed by atoms with van der Waals surface area (Å²) in [6, 6.07) is 7.94. The third kappa shape index (κ3) is 4.96. The topological polar surface area (TPSA) is 122 Å². The summed E-state index contributed by atoms with van der Waals surface area (Å²) in [7, 11) is 1.26. The van der Waals surface area contributed by atoms with Crippen molar-refractivity contribution in [2.75, 3.05) is 31.6 Å². The molecule has 1 fully saturated rings. The first kappa shape index (κ1) is 26.7. The fourth-order valence-corrected chi connectivity index (χ4v) is 5.90. The fraction of sp³-hybridized carbons (Fsp3) is 0.308. The van der Waals surface area contributed by atoms with E-state index in [4.69, 9.17) is 4.74 Å². The minimum atomic E-state index is -4.65. The van der Waals surface area contributed by atoms with Crippen molar-refractivity contribution in [3.05, 3.63) is 53.4 Å². The van der Waals surface area contributed by atoms with E-state index in [1.165, 1.54) is 19.2 Å². The first-order chi connectivity index (χ1) is 19.6. The lowest BCUT2D eigenvalue weighted by Crippen LogP contribution is -2.54. The molecular weight excluding hydrogens is 561 g/mol. The number of anilines is 1. The molecule has 1 aromatic carbocycles. The molecule has 1 N–H and O–H groups in total. The molecule has 4 aromatic heterocycles. The van der Waals surface area contributed by atoms with Crippen LogP contribution in [0.15, 0.2) is 42.9 Å². The molecule has 11 nitrogen and oxygen atoms in total. The van der Waals surface area contributed by atoms with Gasteiger partial charge in [-0.25, -0.2) is 24.7 Å². The van der Waals surface area contributed by atoms with Crippen LogP contribution in [0.25, 0.3) is 33.7 Å². The van der Waals surface area contributed by atoms with Crippen molar-refractivity contribution < 1.29 is 27.5 Å². The minimum Gasteiger partial charge on any atom is -0.465 e. The van der Waals surface area contributed by atoms with E-state index in [0.717, 1.165) is 0 Å². The number of amides is 1. The number of carbonyl (C=O) groups is 2. The van der Waals surface area contributed by atoms with Gasteiger partial charge >= 0.3 is 12.1 Å². The molecule has 41 heavy (non-hydrogen) atoms. The summed E-state index contributed by atoms with van der Waals surface area (Å²) >= 11 is 0.538. The number of H-pyrrole nitrogens is 1. The maximum Gasteiger partial charge on any atom is 0.443 e. The highest BCUT2D eigenvalue weighted by Crippen LogP contribution is 2.42. The number of hydrogen-bond donors (Lipinski definition) is 1. The number of nitrogens with zero attached hydrogens (tertiary/aromatic N) is 7. The van der Waals surface area contributed by atoms with Gasteiger partial charge in [0.15, 0.2) is 11.5 Å². The summed E-state index contributed by atoms with van der Waals surface area (Å²) in [5.41, 5.74) is 2.54. The Hall–Kier alpha value is -4.53. The number of halogens is 3. The van der Waals surface area contributed by atoms with E-state index in [-0.39, 0.29) is 35.6 Å². The van der Waals surface area contributed by atoms with Crippen molar-refractivity contribution in [3.8, 4) is 11.5 Å². The number of pyridine rings is 1. The van der Waals surface area contributed by atoms with Gasteiger partial charge in [0.2, 0.25) is 10.9 Å². The molecule has 15 heteroatoms. The second kappa shape index (κ2) is 10.1. The number of esters is 1. The van der Waals surface area contributed by atoms with Gasteiger partial charge in [-0.1, -0.05) is 11.3 Å².